The minimum atomic E-state index is -4.50. The summed E-state index contributed by atoms with van der Waals surface area (Å²) in [6.45, 7) is 5.87. The quantitative estimate of drug-likeness (QED) is 0.632. The van der Waals surface area contributed by atoms with Gasteiger partial charge in [0.1, 0.15) is 5.82 Å². The van der Waals surface area contributed by atoms with Gasteiger partial charge in [0.05, 0.1) is 11.7 Å². The van der Waals surface area contributed by atoms with Crippen LogP contribution in [0.4, 0.5) is 19.0 Å². The smallest absolute Gasteiger partial charge is 0.363 e. The van der Waals surface area contributed by atoms with Crippen molar-refractivity contribution < 1.29 is 18.0 Å². The number of alkyl halides is 3. The molecule has 2 aromatic heterocycles. The van der Waals surface area contributed by atoms with E-state index in [9.17, 15) is 18.0 Å². The van der Waals surface area contributed by atoms with E-state index in [4.69, 9.17) is 0 Å². The van der Waals surface area contributed by atoms with Crippen LogP contribution >= 0.6 is 0 Å². The van der Waals surface area contributed by atoms with Crippen molar-refractivity contribution in [3.8, 4) is 0 Å². The molecule has 2 N–H and O–H groups in total. The molecule has 0 unspecified atom stereocenters. The third kappa shape index (κ3) is 4.09. The summed E-state index contributed by atoms with van der Waals surface area (Å²) in [5.41, 5.74) is 4.28. The van der Waals surface area contributed by atoms with E-state index in [2.05, 4.69) is 20.8 Å². The number of aromatic nitrogens is 4. The molecule has 1 aliphatic rings. The summed E-state index contributed by atoms with van der Waals surface area (Å²) in [5, 5.41) is 14.2. The molecule has 0 saturated carbocycles. The van der Waals surface area contributed by atoms with E-state index in [1.807, 2.05) is 52.1 Å². The molecule has 1 aromatic carbocycles. The van der Waals surface area contributed by atoms with Crippen molar-refractivity contribution in [1.29, 1.82) is 0 Å². The number of halogens is 3. The molecule has 10 heteroatoms. The second kappa shape index (κ2) is 7.99. The van der Waals surface area contributed by atoms with Crippen LogP contribution in [-0.4, -0.2) is 31.6 Å². The number of fused-ring (bicyclic) bond motifs is 1. The predicted molar refractivity (Wildman–Crippen MR) is 113 cm³/mol. The molecule has 4 rings (SSSR count). The zero-order valence-electron chi connectivity index (χ0n) is 18.3. The first kappa shape index (κ1) is 21.9. The van der Waals surface area contributed by atoms with Gasteiger partial charge in [-0.25, -0.2) is 4.68 Å². The first-order chi connectivity index (χ1) is 15.0. The SMILES string of the molecule is Cc1ccc([C@@H]2C[C@@H](C(F)(F)F)n3nc(C(=O)NCc4c(C)nn(C)c4C)cc3N2)cc1. The maximum atomic E-state index is 13.8. The number of anilines is 1. The first-order valence-electron chi connectivity index (χ1n) is 10.3. The molecule has 0 aliphatic carbocycles. The Morgan fingerprint density at radius 1 is 1.19 bits per heavy atom. The normalized spacial score (nSPS) is 18.2. The second-order valence-corrected chi connectivity index (χ2v) is 8.22. The van der Waals surface area contributed by atoms with Crippen LogP contribution in [-0.2, 0) is 13.6 Å². The zero-order chi connectivity index (χ0) is 23.2. The summed E-state index contributed by atoms with van der Waals surface area (Å²) in [4.78, 5) is 12.7. The number of hydrogen-bond acceptors (Lipinski definition) is 4. The van der Waals surface area contributed by atoms with Gasteiger partial charge in [-0.1, -0.05) is 29.8 Å². The molecule has 3 heterocycles. The molecule has 0 spiro atoms. The summed E-state index contributed by atoms with van der Waals surface area (Å²) in [5.74, 6) is -0.368. The van der Waals surface area contributed by atoms with E-state index in [-0.39, 0.29) is 24.5 Å². The third-order valence-electron chi connectivity index (χ3n) is 5.99. The van der Waals surface area contributed by atoms with Crippen molar-refractivity contribution >= 4 is 11.7 Å². The van der Waals surface area contributed by atoms with Crippen molar-refractivity contribution in [3.63, 3.8) is 0 Å². The number of hydrogen-bond donors (Lipinski definition) is 2. The Bertz CT molecular complexity index is 1150. The van der Waals surface area contributed by atoms with E-state index >= 15 is 0 Å². The number of amides is 1. The number of aryl methyl sites for hydroxylation is 3. The molecule has 0 saturated heterocycles. The lowest BCUT2D eigenvalue weighted by molar-refractivity contribution is -0.173. The Hall–Kier alpha value is -3.30. The molecule has 1 amide bonds. The largest absolute Gasteiger partial charge is 0.410 e. The lowest BCUT2D eigenvalue weighted by atomic mass is 9.96. The highest BCUT2D eigenvalue weighted by Gasteiger charge is 2.46. The van der Waals surface area contributed by atoms with Crippen LogP contribution in [0.2, 0.25) is 0 Å². The van der Waals surface area contributed by atoms with Crippen LogP contribution in [0.25, 0.3) is 0 Å². The lowest BCUT2D eigenvalue weighted by Gasteiger charge is -2.33. The van der Waals surface area contributed by atoms with Gasteiger partial charge in [-0.15, -0.1) is 0 Å². The topological polar surface area (TPSA) is 76.8 Å². The molecule has 0 radical (unpaired) electrons. The standard InChI is InChI=1S/C22H25F3N6O/c1-12-5-7-15(8-6-12)17-9-19(22(23,24)25)31-20(27-17)10-18(29-31)21(32)26-11-16-13(2)28-30(4)14(16)3/h5-8,10,17,19,27H,9,11H2,1-4H3,(H,26,32)/t17-,19-/m0/s1. The monoisotopic (exact) mass is 446 g/mol. The summed E-state index contributed by atoms with van der Waals surface area (Å²) in [6.07, 6.45) is -4.71. The maximum absolute atomic E-state index is 13.8. The Labute approximate surface area is 183 Å². The minimum Gasteiger partial charge on any atom is -0.363 e. The van der Waals surface area contributed by atoms with Gasteiger partial charge in [0.2, 0.25) is 0 Å². The molecular formula is C22H25F3N6O. The molecule has 32 heavy (non-hydrogen) atoms. The fourth-order valence-electron chi connectivity index (χ4n) is 4.03. The summed E-state index contributed by atoms with van der Waals surface area (Å²) in [7, 11) is 1.81. The summed E-state index contributed by atoms with van der Waals surface area (Å²) < 4.78 is 44.1. The van der Waals surface area contributed by atoms with E-state index in [0.717, 1.165) is 32.8 Å². The number of carbonyl (C=O) groups is 1. The van der Waals surface area contributed by atoms with Crippen LogP contribution in [0.1, 0.15) is 57.1 Å². The highest BCUT2D eigenvalue weighted by Crippen LogP contribution is 2.43. The lowest BCUT2D eigenvalue weighted by Crippen LogP contribution is -2.35. The predicted octanol–water partition coefficient (Wildman–Crippen LogP) is 4.13. The number of nitrogens with zero attached hydrogens (tertiary/aromatic N) is 4. The van der Waals surface area contributed by atoms with Gasteiger partial charge in [-0.2, -0.15) is 23.4 Å². The average Bonchev–Trinajstić information content (AvgIpc) is 3.26. The van der Waals surface area contributed by atoms with Gasteiger partial charge in [0.25, 0.3) is 5.91 Å². The van der Waals surface area contributed by atoms with E-state index in [0.29, 0.717) is 0 Å². The number of benzene rings is 1. The molecule has 7 nitrogen and oxygen atoms in total. The fraction of sp³-hybridized carbons (Fsp3) is 0.409. The molecule has 1 aliphatic heterocycles. The first-order valence-corrected chi connectivity index (χ1v) is 10.3. The van der Waals surface area contributed by atoms with Crippen LogP contribution in [0.3, 0.4) is 0 Å². The van der Waals surface area contributed by atoms with Crippen LogP contribution in [0.15, 0.2) is 30.3 Å². The van der Waals surface area contributed by atoms with Crippen LogP contribution in [0.5, 0.6) is 0 Å². The zero-order valence-corrected chi connectivity index (χ0v) is 18.3. The van der Waals surface area contributed by atoms with Gasteiger partial charge in [-0.3, -0.25) is 9.48 Å². The van der Waals surface area contributed by atoms with E-state index < -0.39 is 24.2 Å². The molecule has 170 valence electrons. The van der Waals surface area contributed by atoms with Crippen molar-refractivity contribution in [3.05, 3.63) is 64.1 Å². The highest BCUT2D eigenvalue weighted by atomic mass is 19.4. The molecule has 2 atom stereocenters. The Kier molecular flexibility index (Phi) is 5.47. The Balaban J connectivity index is 1.58. The maximum Gasteiger partial charge on any atom is 0.410 e. The summed E-state index contributed by atoms with van der Waals surface area (Å²) in [6, 6.07) is 6.38. The molecule has 0 fully saturated rings. The highest BCUT2D eigenvalue weighted by molar-refractivity contribution is 5.93. The van der Waals surface area contributed by atoms with Gasteiger partial charge in [-0.05, 0) is 26.3 Å². The van der Waals surface area contributed by atoms with Gasteiger partial charge < -0.3 is 10.6 Å². The average molecular weight is 446 g/mol. The molecular weight excluding hydrogens is 421 g/mol. The van der Waals surface area contributed by atoms with E-state index in [1.165, 1.54) is 6.07 Å². The van der Waals surface area contributed by atoms with Crippen molar-refractivity contribution in [2.75, 3.05) is 5.32 Å². The van der Waals surface area contributed by atoms with Crippen molar-refractivity contribution in [1.82, 2.24) is 24.9 Å². The van der Waals surface area contributed by atoms with Gasteiger partial charge in [0.15, 0.2) is 11.7 Å². The van der Waals surface area contributed by atoms with Gasteiger partial charge >= 0.3 is 6.18 Å². The number of carbonyl (C=O) groups excluding carboxylic acids is 1. The fourth-order valence-corrected chi connectivity index (χ4v) is 4.03. The third-order valence-corrected chi connectivity index (χ3v) is 5.99. The minimum absolute atomic E-state index is 0.0643. The number of rotatable bonds is 4. The molecule has 0 bridgehead atoms. The van der Waals surface area contributed by atoms with Crippen LogP contribution in [0, 0.1) is 20.8 Å². The van der Waals surface area contributed by atoms with Crippen molar-refractivity contribution in [2.45, 2.75) is 52.0 Å². The number of nitrogens with one attached hydrogen (secondary N) is 2. The van der Waals surface area contributed by atoms with Gasteiger partial charge in [0, 0.05) is 37.3 Å². The Morgan fingerprint density at radius 3 is 2.47 bits per heavy atom. The summed E-state index contributed by atoms with van der Waals surface area (Å²) >= 11 is 0. The van der Waals surface area contributed by atoms with Crippen molar-refractivity contribution in [2.24, 2.45) is 7.05 Å². The second-order valence-electron chi connectivity index (χ2n) is 8.22. The molecule has 3 aromatic rings. The van der Waals surface area contributed by atoms with E-state index in [1.54, 1.807) is 4.68 Å². The van der Waals surface area contributed by atoms with Crippen LogP contribution < -0.4 is 10.6 Å². The Morgan fingerprint density at radius 2 is 1.88 bits per heavy atom.